The number of primary amides is 1. The van der Waals surface area contributed by atoms with Gasteiger partial charge in [0.25, 0.3) is 0 Å². The van der Waals surface area contributed by atoms with Gasteiger partial charge in [-0.25, -0.2) is 0 Å². The maximum atomic E-state index is 12.5. The molecular weight excluding hydrogens is 266 g/mol. The van der Waals surface area contributed by atoms with Gasteiger partial charge in [0, 0.05) is 19.0 Å². The highest BCUT2D eigenvalue weighted by Crippen LogP contribution is 2.25. The third-order valence-electron chi connectivity index (χ3n) is 4.81. The molecule has 0 spiro atoms. The molecule has 122 valence electrons. The minimum Gasteiger partial charge on any atom is -0.369 e. The topological polar surface area (TPSA) is 89.4 Å². The van der Waals surface area contributed by atoms with E-state index in [1.54, 1.807) is 0 Å². The zero-order valence-electron chi connectivity index (χ0n) is 13.7. The van der Waals surface area contributed by atoms with E-state index in [2.05, 4.69) is 20.8 Å². The highest BCUT2D eigenvalue weighted by atomic mass is 16.2. The Hall–Kier alpha value is -1.10. The molecule has 1 saturated heterocycles. The van der Waals surface area contributed by atoms with E-state index in [1.165, 1.54) is 0 Å². The first-order valence-corrected chi connectivity index (χ1v) is 8.15. The van der Waals surface area contributed by atoms with Gasteiger partial charge in [-0.3, -0.25) is 9.59 Å². The van der Waals surface area contributed by atoms with Crippen molar-refractivity contribution in [2.45, 2.75) is 58.9 Å². The van der Waals surface area contributed by atoms with E-state index in [-0.39, 0.29) is 23.8 Å². The number of carbonyl (C=O) groups excluding carboxylic acids is 2. The van der Waals surface area contributed by atoms with Crippen LogP contribution in [0.25, 0.3) is 0 Å². The molecule has 0 saturated carbocycles. The summed E-state index contributed by atoms with van der Waals surface area (Å²) in [5.74, 6) is 0.707. The lowest BCUT2D eigenvalue weighted by Gasteiger charge is -2.37. The second kappa shape index (κ2) is 8.37. The van der Waals surface area contributed by atoms with Gasteiger partial charge in [0.05, 0.1) is 5.92 Å². The largest absolute Gasteiger partial charge is 0.369 e. The molecule has 2 amide bonds. The van der Waals surface area contributed by atoms with Crippen LogP contribution in [-0.2, 0) is 9.59 Å². The van der Waals surface area contributed by atoms with E-state index in [4.69, 9.17) is 11.5 Å². The molecule has 5 nitrogen and oxygen atoms in total. The Balaban J connectivity index is 2.54. The molecule has 0 aliphatic carbocycles. The first-order chi connectivity index (χ1) is 9.86. The molecule has 0 aromatic carbocycles. The van der Waals surface area contributed by atoms with Crippen molar-refractivity contribution in [1.82, 2.24) is 4.90 Å². The first kappa shape index (κ1) is 18.0. The number of hydrogen-bond acceptors (Lipinski definition) is 3. The van der Waals surface area contributed by atoms with Crippen molar-refractivity contribution < 1.29 is 9.59 Å². The van der Waals surface area contributed by atoms with Crippen molar-refractivity contribution in [3.05, 3.63) is 0 Å². The molecule has 0 aromatic rings. The van der Waals surface area contributed by atoms with E-state index in [1.807, 2.05) is 4.90 Å². The van der Waals surface area contributed by atoms with Crippen LogP contribution < -0.4 is 11.5 Å². The van der Waals surface area contributed by atoms with E-state index >= 15 is 0 Å². The second-order valence-corrected chi connectivity index (χ2v) is 6.69. The second-order valence-electron chi connectivity index (χ2n) is 6.69. The summed E-state index contributed by atoms with van der Waals surface area (Å²) in [5, 5.41) is 0. The molecule has 4 N–H and O–H groups in total. The van der Waals surface area contributed by atoms with Crippen LogP contribution in [-0.4, -0.2) is 35.8 Å². The van der Waals surface area contributed by atoms with Crippen molar-refractivity contribution in [2.24, 2.45) is 29.2 Å². The Morgan fingerprint density at radius 3 is 2.43 bits per heavy atom. The van der Waals surface area contributed by atoms with Gasteiger partial charge in [-0.05, 0) is 51.0 Å². The monoisotopic (exact) mass is 297 g/mol. The molecule has 3 atom stereocenters. The van der Waals surface area contributed by atoms with Crippen LogP contribution in [0.4, 0.5) is 0 Å². The first-order valence-electron chi connectivity index (χ1n) is 8.15. The quantitative estimate of drug-likeness (QED) is 0.746. The van der Waals surface area contributed by atoms with Crippen molar-refractivity contribution in [3.63, 3.8) is 0 Å². The number of carbonyl (C=O) groups is 2. The molecule has 5 heteroatoms. The summed E-state index contributed by atoms with van der Waals surface area (Å²) < 4.78 is 0. The SMILES string of the molecule is CC(C)C(CCN)CCC(=O)N1CC(C(N)=O)CCC1C. The zero-order chi connectivity index (χ0) is 16.0. The number of likely N-dealkylation sites (tertiary alicyclic amines) is 1. The van der Waals surface area contributed by atoms with E-state index in [0.717, 1.165) is 25.7 Å². The fraction of sp³-hybridized carbons (Fsp3) is 0.875. The van der Waals surface area contributed by atoms with Crippen LogP contribution in [0.5, 0.6) is 0 Å². The predicted octanol–water partition coefficient (Wildman–Crippen LogP) is 1.50. The molecular formula is C16H31N3O2. The zero-order valence-corrected chi connectivity index (χ0v) is 13.7. The number of amides is 2. The minimum atomic E-state index is -0.289. The molecule has 0 bridgehead atoms. The Kier molecular flexibility index (Phi) is 7.15. The van der Waals surface area contributed by atoms with Crippen LogP contribution in [0.2, 0.25) is 0 Å². The smallest absolute Gasteiger partial charge is 0.222 e. The average molecular weight is 297 g/mol. The Morgan fingerprint density at radius 1 is 1.24 bits per heavy atom. The molecule has 1 aliphatic rings. The maximum Gasteiger partial charge on any atom is 0.222 e. The fourth-order valence-electron chi connectivity index (χ4n) is 3.16. The molecule has 1 aliphatic heterocycles. The van der Waals surface area contributed by atoms with Crippen LogP contribution >= 0.6 is 0 Å². The van der Waals surface area contributed by atoms with Gasteiger partial charge in [0.15, 0.2) is 0 Å². The minimum absolute atomic E-state index is 0.149. The van der Waals surface area contributed by atoms with E-state index < -0.39 is 0 Å². The summed E-state index contributed by atoms with van der Waals surface area (Å²) in [6, 6.07) is 0.208. The summed E-state index contributed by atoms with van der Waals surface area (Å²) in [6.45, 7) is 7.56. The summed E-state index contributed by atoms with van der Waals surface area (Å²) in [4.78, 5) is 25.6. The van der Waals surface area contributed by atoms with Gasteiger partial charge in [-0.1, -0.05) is 13.8 Å². The van der Waals surface area contributed by atoms with Crippen molar-refractivity contribution in [1.29, 1.82) is 0 Å². The van der Waals surface area contributed by atoms with E-state index in [0.29, 0.717) is 31.3 Å². The molecule has 21 heavy (non-hydrogen) atoms. The predicted molar refractivity (Wildman–Crippen MR) is 84.3 cm³/mol. The Morgan fingerprint density at radius 2 is 1.90 bits per heavy atom. The summed E-state index contributed by atoms with van der Waals surface area (Å²) in [5.41, 5.74) is 11.0. The number of piperidine rings is 1. The Labute approximate surface area is 128 Å². The average Bonchev–Trinajstić information content (AvgIpc) is 2.42. The number of nitrogens with zero attached hydrogens (tertiary/aromatic N) is 1. The molecule has 1 rings (SSSR count). The fourth-order valence-corrected chi connectivity index (χ4v) is 3.16. The summed E-state index contributed by atoms with van der Waals surface area (Å²) >= 11 is 0. The van der Waals surface area contributed by atoms with Crippen molar-refractivity contribution >= 4 is 11.8 Å². The van der Waals surface area contributed by atoms with Gasteiger partial charge in [0.1, 0.15) is 0 Å². The van der Waals surface area contributed by atoms with Gasteiger partial charge >= 0.3 is 0 Å². The normalized spacial score (nSPS) is 24.1. The van der Waals surface area contributed by atoms with Crippen molar-refractivity contribution in [2.75, 3.05) is 13.1 Å². The Bertz CT molecular complexity index is 357. The lowest BCUT2D eigenvalue weighted by atomic mass is 9.87. The highest BCUT2D eigenvalue weighted by Gasteiger charge is 2.31. The lowest BCUT2D eigenvalue weighted by molar-refractivity contribution is -0.137. The number of nitrogens with two attached hydrogens (primary N) is 2. The molecule has 0 aromatic heterocycles. The summed E-state index contributed by atoms with van der Waals surface area (Å²) in [7, 11) is 0. The van der Waals surface area contributed by atoms with Gasteiger partial charge in [-0.15, -0.1) is 0 Å². The number of hydrogen-bond donors (Lipinski definition) is 2. The highest BCUT2D eigenvalue weighted by molar-refractivity contribution is 5.80. The van der Waals surface area contributed by atoms with Crippen LogP contribution in [0.1, 0.15) is 52.9 Å². The third kappa shape index (κ3) is 5.30. The van der Waals surface area contributed by atoms with Gasteiger partial charge < -0.3 is 16.4 Å². The van der Waals surface area contributed by atoms with E-state index in [9.17, 15) is 9.59 Å². The number of rotatable bonds is 7. The molecule has 1 fully saturated rings. The molecule has 3 unspecified atom stereocenters. The summed E-state index contributed by atoms with van der Waals surface area (Å²) in [6.07, 6.45) is 4.03. The van der Waals surface area contributed by atoms with Gasteiger partial charge in [0.2, 0.25) is 11.8 Å². The molecule has 0 radical (unpaired) electrons. The molecule has 1 heterocycles. The third-order valence-corrected chi connectivity index (χ3v) is 4.81. The van der Waals surface area contributed by atoms with Crippen molar-refractivity contribution in [3.8, 4) is 0 Å². The lowest BCUT2D eigenvalue weighted by Crippen LogP contribution is -2.48. The maximum absolute atomic E-state index is 12.5. The van der Waals surface area contributed by atoms with Gasteiger partial charge in [-0.2, -0.15) is 0 Å². The standard InChI is InChI=1S/C16H31N3O2/c1-11(2)13(8-9-17)6-7-15(20)19-10-14(16(18)21)5-4-12(19)3/h11-14H,4-10,17H2,1-3H3,(H2,18,21). The van der Waals surface area contributed by atoms with Crippen LogP contribution in [0, 0.1) is 17.8 Å². The van der Waals surface area contributed by atoms with Crippen LogP contribution in [0.3, 0.4) is 0 Å². The van der Waals surface area contributed by atoms with Crippen LogP contribution in [0.15, 0.2) is 0 Å².